The molecule has 0 atom stereocenters. The van der Waals surface area contributed by atoms with Crippen molar-refractivity contribution in [2.45, 2.75) is 4.21 Å². The van der Waals surface area contributed by atoms with Gasteiger partial charge in [-0.1, -0.05) is 0 Å². The minimum Gasteiger partial charge on any atom is -0.378 e. The predicted octanol–water partition coefficient (Wildman–Crippen LogP) is 2.49. The summed E-state index contributed by atoms with van der Waals surface area (Å²) in [5.41, 5.74) is 1.47. The van der Waals surface area contributed by atoms with Gasteiger partial charge in [0.05, 0.1) is 0 Å². The minimum atomic E-state index is -3.63. The fourth-order valence-corrected chi connectivity index (χ4v) is 3.72. The summed E-state index contributed by atoms with van der Waals surface area (Å²) in [5.74, 6) is 0. The molecule has 2 aromatic rings. The van der Waals surface area contributed by atoms with Gasteiger partial charge in [0.15, 0.2) is 0 Å². The van der Waals surface area contributed by atoms with Crippen LogP contribution in [0.2, 0.25) is 0 Å². The number of anilines is 2. The van der Waals surface area contributed by atoms with Crippen LogP contribution in [0, 0.1) is 11.3 Å². The molecule has 7 heteroatoms. The molecule has 0 saturated heterocycles. The first-order chi connectivity index (χ1) is 9.42. The number of nitriles is 1. The maximum absolute atomic E-state index is 12.1. The average molecular weight is 307 g/mol. The number of rotatable bonds is 4. The van der Waals surface area contributed by atoms with Crippen LogP contribution in [0.1, 0.15) is 4.88 Å². The van der Waals surface area contributed by atoms with Gasteiger partial charge in [0, 0.05) is 25.5 Å². The maximum Gasteiger partial charge on any atom is 0.271 e. The van der Waals surface area contributed by atoms with E-state index < -0.39 is 10.0 Å². The van der Waals surface area contributed by atoms with Gasteiger partial charge in [0.2, 0.25) is 0 Å². The summed E-state index contributed by atoms with van der Waals surface area (Å²) in [6.45, 7) is 0. The summed E-state index contributed by atoms with van der Waals surface area (Å²) in [6, 6.07) is 11.9. The standard InChI is InChI=1S/C13H13N3O2S2/c1-16(2)11-5-3-10(4-6-11)15-20(17,18)13-8-7-12(9-14)19-13/h3-8,15H,1-2H3. The molecular formula is C13H13N3O2S2. The summed E-state index contributed by atoms with van der Waals surface area (Å²) in [7, 11) is 0.190. The van der Waals surface area contributed by atoms with Gasteiger partial charge in [-0.25, -0.2) is 8.42 Å². The van der Waals surface area contributed by atoms with Crippen LogP contribution in [0.25, 0.3) is 0 Å². The largest absolute Gasteiger partial charge is 0.378 e. The molecule has 0 aliphatic rings. The number of hydrogen-bond acceptors (Lipinski definition) is 5. The van der Waals surface area contributed by atoms with E-state index in [1.165, 1.54) is 12.1 Å². The van der Waals surface area contributed by atoms with Crippen LogP contribution in [0.4, 0.5) is 11.4 Å². The number of nitrogens with one attached hydrogen (secondary N) is 1. The van der Waals surface area contributed by atoms with E-state index in [1.54, 1.807) is 12.1 Å². The maximum atomic E-state index is 12.1. The van der Waals surface area contributed by atoms with E-state index in [1.807, 2.05) is 37.2 Å². The highest BCUT2D eigenvalue weighted by atomic mass is 32.2. The van der Waals surface area contributed by atoms with Crippen LogP contribution in [-0.4, -0.2) is 22.5 Å². The van der Waals surface area contributed by atoms with Gasteiger partial charge >= 0.3 is 0 Å². The monoisotopic (exact) mass is 307 g/mol. The zero-order valence-electron chi connectivity index (χ0n) is 11.0. The molecule has 5 nitrogen and oxygen atoms in total. The van der Waals surface area contributed by atoms with Crippen LogP contribution in [0.15, 0.2) is 40.6 Å². The van der Waals surface area contributed by atoms with Crippen molar-refractivity contribution in [1.29, 1.82) is 5.26 Å². The summed E-state index contributed by atoms with van der Waals surface area (Å²) in [6.07, 6.45) is 0. The van der Waals surface area contributed by atoms with Gasteiger partial charge in [0.1, 0.15) is 15.2 Å². The number of thiophene rings is 1. The number of nitrogens with zero attached hydrogens (tertiary/aromatic N) is 2. The van der Waals surface area contributed by atoms with Gasteiger partial charge in [-0.2, -0.15) is 5.26 Å². The summed E-state index contributed by atoms with van der Waals surface area (Å²) >= 11 is 0.947. The lowest BCUT2D eigenvalue weighted by Gasteiger charge is -2.13. The third-order valence-corrected chi connectivity index (χ3v) is 5.46. The lowest BCUT2D eigenvalue weighted by Crippen LogP contribution is -2.12. The first-order valence-electron chi connectivity index (χ1n) is 5.72. The molecular weight excluding hydrogens is 294 g/mol. The molecule has 0 aliphatic heterocycles. The Hall–Kier alpha value is -2.04. The second-order valence-corrected chi connectivity index (χ2v) is 7.27. The Morgan fingerprint density at radius 2 is 1.80 bits per heavy atom. The first-order valence-corrected chi connectivity index (χ1v) is 8.02. The van der Waals surface area contributed by atoms with Gasteiger partial charge < -0.3 is 4.90 Å². The quantitative estimate of drug-likeness (QED) is 0.942. The number of benzene rings is 1. The zero-order valence-corrected chi connectivity index (χ0v) is 12.6. The predicted molar refractivity (Wildman–Crippen MR) is 80.6 cm³/mol. The van der Waals surface area contributed by atoms with E-state index in [9.17, 15) is 8.42 Å². The molecule has 0 unspecified atom stereocenters. The Bertz CT molecular complexity index is 741. The molecule has 20 heavy (non-hydrogen) atoms. The van der Waals surface area contributed by atoms with Crippen molar-refractivity contribution in [2.75, 3.05) is 23.7 Å². The molecule has 104 valence electrons. The van der Waals surface area contributed by atoms with E-state index in [4.69, 9.17) is 5.26 Å². The van der Waals surface area contributed by atoms with E-state index in [-0.39, 0.29) is 4.21 Å². The van der Waals surface area contributed by atoms with E-state index >= 15 is 0 Å². The second kappa shape index (κ2) is 5.53. The van der Waals surface area contributed by atoms with Crippen LogP contribution in [0.3, 0.4) is 0 Å². The lowest BCUT2D eigenvalue weighted by molar-refractivity contribution is 0.603. The van der Waals surface area contributed by atoms with Crippen molar-refractivity contribution < 1.29 is 8.42 Å². The van der Waals surface area contributed by atoms with Crippen molar-refractivity contribution in [3.63, 3.8) is 0 Å². The first kappa shape index (κ1) is 14.4. The normalized spacial score (nSPS) is 10.8. The van der Waals surface area contributed by atoms with Crippen molar-refractivity contribution in [3.8, 4) is 6.07 Å². The number of sulfonamides is 1. The highest BCUT2D eigenvalue weighted by Gasteiger charge is 2.17. The summed E-state index contributed by atoms with van der Waals surface area (Å²) in [4.78, 5) is 2.30. The zero-order chi connectivity index (χ0) is 14.8. The third kappa shape index (κ3) is 3.10. The molecule has 0 radical (unpaired) electrons. The van der Waals surface area contributed by atoms with Crippen molar-refractivity contribution in [2.24, 2.45) is 0 Å². The Balaban J connectivity index is 2.22. The van der Waals surface area contributed by atoms with Crippen molar-refractivity contribution in [3.05, 3.63) is 41.3 Å². The fourth-order valence-electron chi connectivity index (χ4n) is 1.56. The Morgan fingerprint density at radius 1 is 1.15 bits per heavy atom. The van der Waals surface area contributed by atoms with E-state index in [2.05, 4.69) is 4.72 Å². The Morgan fingerprint density at radius 3 is 2.30 bits per heavy atom. The van der Waals surface area contributed by atoms with E-state index in [0.29, 0.717) is 10.6 Å². The molecule has 1 aromatic carbocycles. The van der Waals surface area contributed by atoms with Crippen LogP contribution >= 0.6 is 11.3 Å². The fraction of sp³-hybridized carbons (Fsp3) is 0.154. The van der Waals surface area contributed by atoms with Gasteiger partial charge in [-0.15, -0.1) is 11.3 Å². The van der Waals surface area contributed by atoms with Crippen LogP contribution in [0.5, 0.6) is 0 Å². The molecule has 1 N–H and O–H groups in total. The van der Waals surface area contributed by atoms with Gasteiger partial charge in [0.25, 0.3) is 10.0 Å². The second-order valence-electron chi connectivity index (χ2n) is 4.28. The molecule has 1 aromatic heterocycles. The molecule has 0 aliphatic carbocycles. The highest BCUT2D eigenvalue weighted by molar-refractivity contribution is 7.94. The van der Waals surface area contributed by atoms with Gasteiger partial charge in [-0.3, -0.25) is 4.72 Å². The third-order valence-electron chi connectivity index (χ3n) is 2.59. The highest BCUT2D eigenvalue weighted by Crippen LogP contribution is 2.24. The summed E-state index contributed by atoms with van der Waals surface area (Å²) < 4.78 is 26.9. The molecule has 2 rings (SSSR count). The molecule has 0 amide bonds. The van der Waals surface area contributed by atoms with Gasteiger partial charge in [-0.05, 0) is 36.4 Å². The molecule has 0 fully saturated rings. The molecule has 0 bridgehead atoms. The minimum absolute atomic E-state index is 0.130. The Kier molecular flexibility index (Phi) is 3.97. The van der Waals surface area contributed by atoms with Crippen LogP contribution in [-0.2, 0) is 10.0 Å². The lowest BCUT2D eigenvalue weighted by atomic mass is 10.3. The molecule has 0 saturated carbocycles. The smallest absolute Gasteiger partial charge is 0.271 e. The van der Waals surface area contributed by atoms with Crippen LogP contribution < -0.4 is 9.62 Å². The van der Waals surface area contributed by atoms with Crippen molar-refractivity contribution >= 4 is 32.7 Å². The molecule has 1 heterocycles. The van der Waals surface area contributed by atoms with Crippen molar-refractivity contribution in [1.82, 2.24) is 0 Å². The Labute approximate surface area is 122 Å². The summed E-state index contributed by atoms with van der Waals surface area (Å²) in [5, 5.41) is 8.73. The topological polar surface area (TPSA) is 73.2 Å². The SMILES string of the molecule is CN(C)c1ccc(NS(=O)(=O)c2ccc(C#N)s2)cc1. The average Bonchev–Trinajstić information content (AvgIpc) is 2.88. The molecule has 0 spiro atoms. The number of hydrogen-bond donors (Lipinski definition) is 1. The van der Waals surface area contributed by atoms with E-state index in [0.717, 1.165) is 17.0 Å².